The highest BCUT2D eigenvalue weighted by Gasteiger charge is 2.11. The maximum atomic E-state index is 10.9. The van der Waals surface area contributed by atoms with Crippen LogP contribution >= 0.6 is 0 Å². The van der Waals surface area contributed by atoms with Crippen molar-refractivity contribution in [1.29, 1.82) is 0 Å². The topological polar surface area (TPSA) is 34.1 Å². The fourth-order valence-corrected chi connectivity index (χ4v) is 1.98. The van der Waals surface area contributed by atoms with Gasteiger partial charge in [-0.15, -0.1) is 0 Å². The lowest BCUT2D eigenvalue weighted by Gasteiger charge is -2.10. The summed E-state index contributed by atoms with van der Waals surface area (Å²) in [4.78, 5) is 21.8. The molecule has 2 nitrogen and oxygen atoms in total. The Morgan fingerprint density at radius 3 is 1.44 bits per heavy atom. The van der Waals surface area contributed by atoms with Crippen molar-refractivity contribution in [2.75, 3.05) is 0 Å². The van der Waals surface area contributed by atoms with Gasteiger partial charge in [0, 0.05) is 12.8 Å². The Morgan fingerprint density at radius 1 is 0.667 bits per heavy atom. The molecule has 0 spiro atoms. The lowest BCUT2D eigenvalue weighted by Crippen LogP contribution is -1.96. The molecule has 0 aromatic rings. The van der Waals surface area contributed by atoms with E-state index >= 15 is 0 Å². The number of aldehydes is 2. The molecule has 90 valence electrons. The van der Waals surface area contributed by atoms with Crippen molar-refractivity contribution in [2.45, 2.75) is 12.8 Å². The van der Waals surface area contributed by atoms with Crippen LogP contribution in [0.4, 0.5) is 0 Å². The summed E-state index contributed by atoms with van der Waals surface area (Å²) >= 11 is 0. The van der Waals surface area contributed by atoms with Crippen LogP contribution in [0.3, 0.4) is 0 Å². The maximum absolute atomic E-state index is 10.9. The molecule has 0 amide bonds. The lowest BCUT2D eigenvalue weighted by atomic mass is 9.94. The van der Waals surface area contributed by atoms with Crippen molar-refractivity contribution in [3.05, 3.63) is 70.9 Å². The molecule has 2 rings (SSSR count). The molecule has 0 bridgehead atoms. The highest BCUT2D eigenvalue weighted by molar-refractivity contribution is 5.77. The molecule has 0 aromatic carbocycles. The SMILES string of the molecule is O=CC1=CC=CC=C(C2=CC=CC=C(C=O)C2)C1. The van der Waals surface area contributed by atoms with Crippen molar-refractivity contribution in [1.82, 2.24) is 0 Å². The van der Waals surface area contributed by atoms with Crippen molar-refractivity contribution in [3.8, 4) is 0 Å². The second-order valence-corrected chi connectivity index (χ2v) is 4.23. The van der Waals surface area contributed by atoms with Crippen LogP contribution in [-0.2, 0) is 9.59 Å². The van der Waals surface area contributed by atoms with Gasteiger partial charge in [0.25, 0.3) is 0 Å². The van der Waals surface area contributed by atoms with Crippen molar-refractivity contribution < 1.29 is 9.59 Å². The number of hydrogen-bond donors (Lipinski definition) is 0. The summed E-state index contributed by atoms with van der Waals surface area (Å²) in [6.07, 6.45) is 18.2. The zero-order valence-corrected chi connectivity index (χ0v) is 10.0. The van der Waals surface area contributed by atoms with Crippen molar-refractivity contribution in [2.24, 2.45) is 0 Å². The molecule has 0 atom stereocenters. The predicted molar refractivity (Wildman–Crippen MR) is 72.0 cm³/mol. The number of hydrogen-bond acceptors (Lipinski definition) is 2. The molecule has 0 aliphatic heterocycles. The summed E-state index contributed by atoms with van der Waals surface area (Å²) in [5.41, 5.74) is 3.67. The summed E-state index contributed by atoms with van der Waals surface area (Å²) in [6, 6.07) is 0. The van der Waals surface area contributed by atoms with Crippen LogP contribution in [0.25, 0.3) is 0 Å². The molecular formula is C16H14O2. The van der Waals surface area contributed by atoms with Gasteiger partial charge in [0.15, 0.2) is 0 Å². The van der Waals surface area contributed by atoms with E-state index in [0.29, 0.717) is 12.8 Å². The predicted octanol–water partition coefficient (Wildman–Crippen LogP) is 3.01. The zero-order chi connectivity index (χ0) is 12.8. The van der Waals surface area contributed by atoms with E-state index in [-0.39, 0.29) is 0 Å². The number of carbonyl (C=O) groups is 2. The molecular weight excluding hydrogens is 224 g/mol. The second-order valence-electron chi connectivity index (χ2n) is 4.23. The minimum Gasteiger partial charge on any atom is -0.298 e. The minimum absolute atomic E-state index is 0.613. The van der Waals surface area contributed by atoms with Gasteiger partial charge in [-0.2, -0.15) is 0 Å². The van der Waals surface area contributed by atoms with Gasteiger partial charge in [0.1, 0.15) is 12.6 Å². The third kappa shape index (κ3) is 2.92. The molecule has 2 heteroatoms. The summed E-state index contributed by atoms with van der Waals surface area (Å²) < 4.78 is 0. The van der Waals surface area contributed by atoms with Gasteiger partial charge in [-0.25, -0.2) is 0 Å². The average molecular weight is 238 g/mol. The van der Waals surface area contributed by atoms with Gasteiger partial charge in [-0.3, -0.25) is 9.59 Å². The van der Waals surface area contributed by atoms with Crippen LogP contribution in [-0.4, -0.2) is 12.6 Å². The Bertz CT molecular complexity index is 487. The third-order valence-corrected chi connectivity index (χ3v) is 2.94. The summed E-state index contributed by atoms with van der Waals surface area (Å²) in [6.45, 7) is 0. The van der Waals surface area contributed by atoms with Crippen LogP contribution in [0.5, 0.6) is 0 Å². The lowest BCUT2D eigenvalue weighted by molar-refractivity contribution is -0.105. The Hall–Kier alpha value is -2.22. The van der Waals surface area contributed by atoms with Gasteiger partial charge < -0.3 is 0 Å². The monoisotopic (exact) mass is 238 g/mol. The van der Waals surface area contributed by atoms with Crippen LogP contribution in [0.2, 0.25) is 0 Å². The van der Waals surface area contributed by atoms with Gasteiger partial charge in [0.2, 0.25) is 0 Å². The zero-order valence-electron chi connectivity index (χ0n) is 10.0. The van der Waals surface area contributed by atoms with Gasteiger partial charge in [-0.1, -0.05) is 48.6 Å². The highest BCUT2D eigenvalue weighted by atomic mass is 16.1. The largest absolute Gasteiger partial charge is 0.298 e. The first-order valence-corrected chi connectivity index (χ1v) is 5.87. The van der Waals surface area contributed by atoms with E-state index in [2.05, 4.69) is 0 Å². The molecule has 0 N–H and O–H groups in total. The molecule has 18 heavy (non-hydrogen) atoms. The van der Waals surface area contributed by atoms with E-state index in [1.54, 1.807) is 0 Å². The minimum atomic E-state index is 0.613. The summed E-state index contributed by atoms with van der Waals surface area (Å²) in [5.74, 6) is 0. The normalized spacial score (nSPS) is 18.9. The van der Waals surface area contributed by atoms with Gasteiger partial charge in [0.05, 0.1) is 0 Å². The molecule has 2 aliphatic rings. The quantitative estimate of drug-likeness (QED) is 0.708. The molecule has 0 radical (unpaired) electrons. The molecule has 0 aromatic heterocycles. The third-order valence-electron chi connectivity index (χ3n) is 2.94. The van der Waals surface area contributed by atoms with Crippen LogP contribution in [0.15, 0.2) is 70.9 Å². The van der Waals surface area contributed by atoms with Gasteiger partial charge in [-0.05, 0) is 22.3 Å². The molecule has 2 aliphatic carbocycles. The van der Waals surface area contributed by atoms with Crippen LogP contribution < -0.4 is 0 Å². The fraction of sp³-hybridized carbons (Fsp3) is 0.125. The fourth-order valence-electron chi connectivity index (χ4n) is 1.98. The Kier molecular flexibility index (Phi) is 4.02. The van der Waals surface area contributed by atoms with E-state index in [1.165, 1.54) is 0 Å². The molecule has 0 heterocycles. The summed E-state index contributed by atoms with van der Waals surface area (Å²) in [5, 5.41) is 0. The van der Waals surface area contributed by atoms with E-state index in [9.17, 15) is 9.59 Å². The van der Waals surface area contributed by atoms with E-state index in [1.807, 2.05) is 48.6 Å². The Morgan fingerprint density at radius 2 is 1.06 bits per heavy atom. The van der Waals surface area contributed by atoms with Crippen molar-refractivity contribution in [3.63, 3.8) is 0 Å². The van der Waals surface area contributed by atoms with Crippen LogP contribution in [0, 0.1) is 0 Å². The standard InChI is InChI=1S/C16H14O2/c17-11-13-5-1-3-7-15(9-13)16-8-4-2-6-14(10-16)12-18/h1-8,11-12H,9-10H2. The summed E-state index contributed by atoms with van der Waals surface area (Å²) in [7, 11) is 0. The Balaban J connectivity index is 2.27. The van der Waals surface area contributed by atoms with Crippen molar-refractivity contribution >= 4 is 12.6 Å². The second kappa shape index (κ2) is 5.92. The molecule has 0 saturated heterocycles. The smallest absolute Gasteiger partial charge is 0.146 e. The van der Waals surface area contributed by atoms with Gasteiger partial charge >= 0.3 is 0 Å². The first kappa shape index (κ1) is 12.2. The first-order chi connectivity index (χ1) is 8.83. The maximum Gasteiger partial charge on any atom is 0.146 e. The number of rotatable bonds is 3. The van der Waals surface area contributed by atoms with E-state index < -0.39 is 0 Å². The molecule has 0 unspecified atom stereocenters. The number of carbonyl (C=O) groups excluding carboxylic acids is 2. The molecule has 0 saturated carbocycles. The van der Waals surface area contributed by atoms with Crippen LogP contribution in [0.1, 0.15) is 12.8 Å². The van der Waals surface area contributed by atoms with E-state index in [0.717, 1.165) is 34.9 Å². The highest BCUT2D eigenvalue weighted by Crippen LogP contribution is 2.26. The first-order valence-electron chi connectivity index (χ1n) is 5.87. The average Bonchev–Trinajstić information content (AvgIpc) is 2.78. The molecule has 0 fully saturated rings. The Labute approximate surface area is 106 Å². The van der Waals surface area contributed by atoms with E-state index in [4.69, 9.17) is 0 Å². The number of allylic oxidation sites excluding steroid dienone is 12.